The minimum absolute atomic E-state index is 0.503. The van der Waals surface area contributed by atoms with Crippen molar-refractivity contribution < 1.29 is 4.74 Å². The van der Waals surface area contributed by atoms with E-state index < -0.39 is 0 Å². The molecule has 0 saturated heterocycles. The Morgan fingerprint density at radius 2 is 2.08 bits per heavy atom. The van der Waals surface area contributed by atoms with Gasteiger partial charge in [-0.25, -0.2) is 0 Å². The van der Waals surface area contributed by atoms with Crippen LogP contribution in [0.1, 0.15) is 30.9 Å². The highest BCUT2D eigenvalue weighted by Gasteiger charge is 2.07. The Balaban J connectivity index is 3.27. The maximum absolute atomic E-state index is 5.26. The van der Waals surface area contributed by atoms with Gasteiger partial charge in [0.1, 0.15) is 5.75 Å². The average molecular weight is 176 g/mol. The second-order valence-electron chi connectivity index (χ2n) is 3.32. The summed E-state index contributed by atoms with van der Waals surface area (Å²) >= 11 is 0. The Hall–Kier alpha value is -1.24. The smallest absolute Gasteiger partial charge is 0.126 e. The second-order valence-corrected chi connectivity index (χ2v) is 3.32. The van der Waals surface area contributed by atoms with E-state index in [9.17, 15) is 0 Å². The summed E-state index contributed by atoms with van der Waals surface area (Å²) < 4.78 is 5.26. The average Bonchev–Trinajstić information content (AvgIpc) is 2.16. The summed E-state index contributed by atoms with van der Waals surface area (Å²) in [7, 11) is 1.69. The van der Waals surface area contributed by atoms with Gasteiger partial charge in [-0.15, -0.1) is 0 Å². The normalized spacial score (nSPS) is 10.2. The lowest BCUT2D eigenvalue weighted by atomic mass is 9.96. The van der Waals surface area contributed by atoms with Crippen molar-refractivity contribution in [1.82, 2.24) is 0 Å². The number of hydrogen-bond acceptors (Lipinski definition) is 1. The summed E-state index contributed by atoms with van der Waals surface area (Å²) in [5, 5.41) is 0. The van der Waals surface area contributed by atoms with Crippen LogP contribution in [-0.2, 0) is 0 Å². The predicted molar refractivity (Wildman–Crippen MR) is 57.2 cm³/mol. The van der Waals surface area contributed by atoms with Gasteiger partial charge in [0, 0.05) is 5.56 Å². The molecule has 0 bridgehead atoms. The summed E-state index contributed by atoms with van der Waals surface area (Å²) in [6, 6.07) is 6.09. The zero-order chi connectivity index (χ0) is 9.84. The summed E-state index contributed by atoms with van der Waals surface area (Å²) in [6.07, 6.45) is 1.86. The highest BCUT2D eigenvalue weighted by atomic mass is 16.5. The first-order valence-corrected chi connectivity index (χ1v) is 4.50. The van der Waals surface area contributed by atoms with Crippen LogP contribution in [0.15, 0.2) is 24.8 Å². The first-order valence-electron chi connectivity index (χ1n) is 4.50. The Morgan fingerprint density at radius 3 is 2.54 bits per heavy atom. The highest BCUT2D eigenvalue weighted by molar-refractivity contribution is 5.60. The Labute approximate surface area is 80.0 Å². The molecule has 1 rings (SSSR count). The van der Waals surface area contributed by atoms with Gasteiger partial charge in [0.25, 0.3) is 0 Å². The maximum atomic E-state index is 5.26. The number of ether oxygens (including phenoxy) is 1. The SMILES string of the molecule is C=Cc1c(OC)cccc1C(C)C. The molecule has 0 saturated carbocycles. The first kappa shape index (κ1) is 9.85. The Bertz CT molecular complexity index is 300. The van der Waals surface area contributed by atoms with Crippen molar-refractivity contribution >= 4 is 6.08 Å². The summed E-state index contributed by atoms with van der Waals surface area (Å²) in [4.78, 5) is 0. The van der Waals surface area contributed by atoms with Crippen LogP contribution in [0.2, 0.25) is 0 Å². The van der Waals surface area contributed by atoms with E-state index in [0.717, 1.165) is 11.3 Å². The molecule has 0 spiro atoms. The molecule has 0 heterocycles. The van der Waals surface area contributed by atoms with E-state index in [1.807, 2.05) is 18.2 Å². The molecule has 1 aromatic rings. The fraction of sp³-hybridized carbons (Fsp3) is 0.333. The van der Waals surface area contributed by atoms with Crippen molar-refractivity contribution in [2.24, 2.45) is 0 Å². The van der Waals surface area contributed by atoms with E-state index in [4.69, 9.17) is 4.74 Å². The van der Waals surface area contributed by atoms with Gasteiger partial charge in [-0.05, 0) is 17.5 Å². The molecule has 0 unspecified atom stereocenters. The molecule has 0 atom stereocenters. The van der Waals surface area contributed by atoms with Gasteiger partial charge in [-0.3, -0.25) is 0 Å². The summed E-state index contributed by atoms with van der Waals surface area (Å²) in [5.74, 6) is 1.41. The van der Waals surface area contributed by atoms with E-state index in [-0.39, 0.29) is 0 Å². The van der Waals surface area contributed by atoms with Gasteiger partial charge in [0.15, 0.2) is 0 Å². The van der Waals surface area contributed by atoms with Crippen LogP contribution in [0, 0.1) is 0 Å². The van der Waals surface area contributed by atoms with Crippen LogP contribution in [0.4, 0.5) is 0 Å². The molecular formula is C12H16O. The van der Waals surface area contributed by atoms with E-state index in [1.54, 1.807) is 7.11 Å². The predicted octanol–water partition coefficient (Wildman–Crippen LogP) is 3.46. The van der Waals surface area contributed by atoms with E-state index >= 15 is 0 Å². The molecule has 70 valence electrons. The summed E-state index contributed by atoms with van der Waals surface area (Å²) in [5.41, 5.74) is 2.40. The van der Waals surface area contributed by atoms with E-state index in [2.05, 4.69) is 26.5 Å². The molecule has 0 fully saturated rings. The quantitative estimate of drug-likeness (QED) is 0.685. The topological polar surface area (TPSA) is 9.23 Å². The number of benzene rings is 1. The minimum atomic E-state index is 0.503. The Morgan fingerprint density at radius 1 is 1.38 bits per heavy atom. The molecule has 1 aromatic carbocycles. The molecule has 0 radical (unpaired) electrons. The van der Waals surface area contributed by atoms with Crippen molar-refractivity contribution in [3.8, 4) is 5.75 Å². The van der Waals surface area contributed by atoms with Crippen LogP contribution in [0.3, 0.4) is 0 Å². The molecule has 1 nitrogen and oxygen atoms in total. The van der Waals surface area contributed by atoms with E-state index in [0.29, 0.717) is 5.92 Å². The van der Waals surface area contributed by atoms with Crippen LogP contribution in [-0.4, -0.2) is 7.11 Å². The van der Waals surface area contributed by atoms with Gasteiger partial charge < -0.3 is 4.74 Å². The van der Waals surface area contributed by atoms with Crippen LogP contribution >= 0.6 is 0 Å². The van der Waals surface area contributed by atoms with Crippen molar-refractivity contribution in [2.75, 3.05) is 7.11 Å². The van der Waals surface area contributed by atoms with Crippen molar-refractivity contribution in [1.29, 1.82) is 0 Å². The lowest BCUT2D eigenvalue weighted by molar-refractivity contribution is 0.413. The molecule has 0 aromatic heterocycles. The van der Waals surface area contributed by atoms with Gasteiger partial charge in [0.05, 0.1) is 7.11 Å². The minimum Gasteiger partial charge on any atom is -0.496 e. The number of hydrogen-bond donors (Lipinski definition) is 0. The van der Waals surface area contributed by atoms with Gasteiger partial charge in [0.2, 0.25) is 0 Å². The van der Waals surface area contributed by atoms with Crippen LogP contribution in [0.25, 0.3) is 6.08 Å². The standard InChI is InChI=1S/C12H16O/c1-5-10-11(9(2)3)7-6-8-12(10)13-4/h5-9H,1H2,2-4H3. The van der Waals surface area contributed by atoms with Gasteiger partial charge >= 0.3 is 0 Å². The van der Waals surface area contributed by atoms with Gasteiger partial charge in [-0.1, -0.05) is 38.6 Å². The lowest BCUT2D eigenvalue weighted by Crippen LogP contribution is -1.95. The number of rotatable bonds is 3. The van der Waals surface area contributed by atoms with Crippen molar-refractivity contribution in [2.45, 2.75) is 19.8 Å². The first-order chi connectivity index (χ1) is 6.20. The fourth-order valence-corrected chi connectivity index (χ4v) is 1.46. The molecule has 1 heteroatoms. The molecule has 0 N–H and O–H groups in total. The van der Waals surface area contributed by atoms with Crippen LogP contribution in [0.5, 0.6) is 5.75 Å². The van der Waals surface area contributed by atoms with Gasteiger partial charge in [-0.2, -0.15) is 0 Å². The molecule has 13 heavy (non-hydrogen) atoms. The molecule has 0 aliphatic heterocycles. The third kappa shape index (κ3) is 1.92. The number of methoxy groups -OCH3 is 1. The summed E-state index contributed by atoms with van der Waals surface area (Å²) in [6.45, 7) is 8.14. The zero-order valence-corrected chi connectivity index (χ0v) is 8.50. The molecule has 0 aliphatic carbocycles. The largest absolute Gasteiger partial charge is 0.496 e. The molecule has 0 aliphatic rings. The fourth-order valence-electron chi connectivity index (χ4n) is 1.46. The molecular weight excluding hydrogens is 160 g/mol. The molecule has 0 amide bonds. The van der Waals surface area contributed by atoms with Crippen molar-refractivity contribution in [3.05, 3.63) is 35.9 Å². The highest BCUT2D eigenvalue weighted by Crippen LogP contribution is 2.28. The second kappa shape index (κ2) is 4.13. The van der Waals surface area contributed by atoms with Crippen molar-refractivity contribution in [3.63, 3.8) is 0 Å². The van der Waals surface area contributed by atoms with Crippen LogP contribution < -0.4 is 4.74 Å². The lowest BCUT2D eigenvalue weighted by Gasteiger charge is -2.12. The Kier molecular flexibility index (Phi) is 3.13. The van der Waals surface area contributed by atoms with E-state index in [1.165, 1.54) is 5.56 Å². The third-order valence-corrected chi connectivity index (χ3v) is 2.15. The third-order valence-electron chi connectivity index (χ3n) is 2.15. The maximum Gasteiger partial charge on any atom is 0.126 e. The zero-order valence-electron chi connectivity index (χ0n) is 8.50. The monoisotopic (exact) mass is 176 g/mol.